The normalized spacial score (nSPS) is 10.8. The molecule has 19 heavy (non-hydrogen) atoms. The number of hydrogen-bond acceptors (Lipinski definition) is 1. The van der Waals surface area contributed by atoms with Gasteiger partial charge in [-0.3, -0.25) is 4.79 Å². The van der Waals surface area contributed by atoms with Crippen LogP contribution in [0.15, 0.2) is 16.6 Å². The van der Waals surface area contributed by atoms with Gasteiger partial charge < -0.3 is 5.32 Å². The van der Waals surface area contributed by atoms with Gasteiger partial charge in [-0.2, -0.15) is 0 Å². The Bertz CT molecular complexity index is 426. The standard InChI is InChI=1S/C14H18BrF2NO/c1-9(2)5-3-4-6-18-14(19)13-11(16)7-10(15)8-12(13)17/h7-9H,3-6H2,1-2H3,(H,18,19). The van der Waals surface area contributed by atoms with Crippen molar-refractivity contribution in [2.24, 2.45) is 5.92 Å². The van der Waals surface area contributed by atoms with Gasteiger partial charge in [-0.25, -0.2) is 8.78 Å². The molecule has 1 N–H and O–H groups in total. The third kappa shape index (κ3) is 5.27. The Morgan fingerprint density at radius 2 is 1.84 bits per heavy atom. The molecular weight excluding hydrogens is 316 g/mol. The third-order valence-electron chi connectivity index (χ3n) is 2.73. The van der Waals surface area contributed by atoms with Gasteiger partial charge in [0.25, 0.3) is 5.91 Å². The summed E-state index contributed by atoms with van der Waals surface area (Å²) in [6, 6.07) is 2.16. The summed E-state index contributed by atoms with van der Waals surface area (Å²) in [4.78, 5) is 11.7. The number of benzene rings is 1. The molecule has 2 nitrogen and oxygen atoms in total. The zero-order valence-electron chi connectivity index (χ0n) is 11.1. The van der Waals surface area contributed by atoms with Crippen molar-refractivity contribution >= 4 is 21.8 Å². The third-order valence-corrected chi connectivity index (χ3v) is 3.19. The fourth-order valence-corrected chi connectivity index (χ4v) is 2.13. The number of amides is 1. The van der Waals surface area contributed by atoms with Crippen LogP contribution in [0.2, 0.25) is 0 Å². The topological polar surface area (TPSA) is 29.1 Å². The highest BCUT2D eigenvalue weighted by Gasteiger charge is 2.17. The summed E-state index contributed by atoms with van der Waals surface area (Å²) in [6.45, 7) is 4.69. The van der Waals surface area contributed by atoms with Crippen LogP contribution in [0, 0.1) is 17.6 Å². The van der Waals surface area contributed by atoms with Crippen molar-refractivity contribution in [1.82, 2.24) is 5.32 Å². The lowest BCUT2D eigenvalue weighted by Gasteiger charge is -2.08. The molecule has 0 radical (unpaired) electrons. The van der Waals surface area contributed by atoms with E-state index < -0.39 is 23.1 Å². The van der Waals surface area contributed by atoms with Crippen LogP contribution in [-0.4, -0.2) is 12.5 Å². The number of halogens is 3. The second kappa shape index (κ2) is 7.58. The van der Waals surface area contributed by atoms with Crippen LogP contribution in [0.1, 0.15) is 43.5 Å². The molecule has 5 heteroatoms. The molecule has 0 saturated heterocycles. The van der Waals surface area contributed by atoms with Crippen molar-refractivity contribution in [3.63, 3.8) is 0 Å². The molecule has 0 heterocycles. The number of carbonyl (C=O) groups is 1. The lowest BCUT2D eigenvalue weighted by molar-refractivity contribution is 0.0944. The number of hydrogen-bond donors (Lipinski definition) is 1. The van der Waals surface area contributed by atoms with Crippen LogP contribution in [0.25, 0.3) is 0 Å². The van der Waals surface area contributed by atoms with Crippen molar-refractivity contribution in [2.75, 3.05) is 6.54 Å². The Morgan fingerprint density at radius 3 is 2.37 bits per heavy atom. The van der Waals surface area contributed by atoms with E-state index in [-0.39, 0.29) is 4.47 Å². The number of nitrogens with one attached hydrogen (secondary N) is 1. The first-order chi connectivity index (χ1) is 8.91. The van der Waals surface area contributed by atoms with E-state index in [2.05, 4.69) is 35.1 Å². The van der Waals surface area contributed by atoms with Crippen LogP contribution in [-0.2, 0) is 0 Å². The Kier molecular flexibility index (Phi) is 6.42. The van der Waals surface area contributed by atoms with E-state index in [9.17, 15) is 13.6 Å². The van der Waals surface area contributed by atoms with Crippen LogP contribution < -0.4 is 5.32 Å². The summed E-state index contributed by atoms with van der Waals surface area (Å²) in [6.07, 6.45) is 2.88. The van der Waals surface area contributed by atoms with Gasteiger partial charge in [0.1, 0.15) is 17.2 Å². The Balaban J connectivity index is 2.50. The molecule has 0 atom stereocenters. The van der Waals surface area contributed by atoms with Gasteiger partial charge in [-0.05, 0) is 24.5 Å². The maximum absolute atomic E-state index is 13.5. The Morgan fingerprint density at radius 1 is 1.26 bits per heavy atom. The molecule has 0 bridgehead atoms. The molecule has 0 aliphatic rings. The minimum absolute atomic E-state index is 0.274. The van der Waals surface area contributed by atoms with Crippen molar-refractivity contribution < 1.29 is 13.6 Å². The molecule has 0 fully saturated rings. The van der Waals surface area contributed by atoms with Crippen LogP contribution in [0.5, 0.6) is 0 Å². The maximum Gasteiger partial charge on any atom is 0.257 e. The van der Waals surface area contributed by atoms with E-state index in [1.807, 2.05) is 0 Å². The minimum atomic E-state index is -0.855. The number of carbonyl (C=O) groups excluding carboxylic acids is 1. The van der Waals surface area contributed by atoms with Gasteiger partial charge in [-0.1, -0.05) is 42.6 Å². The second-order valence-electron chi connectivity index (χ2n) is 4.89. The smallest absolute Gasteiger partial charge is 0.257 e. The van der Waals surface area contributed by atoms with Crippen LogP contribution in [0.3, 0.4) is 0 Å². The van der Waals surface area contributed by atoms with E-state index in [0.29, 0.717) is 12.5 Å². The van der Waals surface area contributed by atoms with E-state index >= 15 is 0 Å². The predicted molar refractivity (Wildman–Crippen MR) is 75.1 cm³/mol. The number of rotatable bonds is 6. The lowest BCUT2D eigenvalue weighted by Crippen LogP contribution is -2.26. The fraction of sp³-hybridized carbons (Fsp3) is 0.500. The molecule has 0 aromatic heterocycles. The zero-order valence-corrected chi connectivity index (χ0v) is 12.7. The lowest BCUT2D eigenvalue weighted by atomic mass is 10.1. The molecule has 106 valence electrons. The molecule has 0 aliphatic heterocycles. The summed E-state index contributed by atoms with van der Waals surface area (Å²) in [5, 5.41) is 2.54. The molecule has 1 rings (SSSR count). The van der Waals surface area contributed by atoms with E-state index in [1.54, 1.807) is 0 Å². The van der Waals surface area contributed by atoms with Crippen molar-refractivity contribution in [1.29, 1.82) is 0 Å². The van der Waals surface area contributed by atoms with Gasteiger partial charge in [0.15, 0.2) is 0 Å². The zero-order chi connectivity index (χ0) is 14.4. The fourth-order valence-electron chi connectivity index (χ4n) is 1.73. The number of unbranched alkanes of at least 4 members (excludes halogenated alkanes) is 1. The van der Waals surface area contributed by atoms with Crippen molar-refractivity contribution in [3.8, 4) is 0 Å². The maximum atomic E-state index is 13.5. The largest absolute Gasteiger partial charge is 0.352 e. The molecule has 0 aliphatic carbocycles. The Hall–Kier alpha value is -0.970. The van der Waals surface area contributed by atoms with Gasteiger partial charge in [0, 0.05) is 11.0 Å². The first kappa shape index (κ1) is 16.1. The first-order valence-corrected chi connectivity index (χ1v) is 7.14. The van der Waals surface area contributed by atoms with E-state index in [1.165, 1.54) is 0 Å². The molecule has 1 amide bonds. The van der Waals surface area contributed by atoms with Crippen molar-refractivity contribution in [2.45, 2.75) is 33.1 Å². The van der Waals surface area contributed by atoms with E-state index in [0.717, 1.165) is 31.4 Å². The van der Waals surface area contributed by atoms with Gasteiger partial charge in [0.05, 0.1) is 0 Å². The molecule has 1 aromatic carbocycles. The molecule has 0 saturated carbocycles. The summed E-state index contributed by atoms with van der Waals surface area (Å²) in [5.41, 5.74) is -0.521. The average Bonchev–Trinajstić information content (AvgIpc) is 2.26. The molecular formula is C14H18BrF2NO. The highest BCUT2D eigenvalue weighted by atomic mass is 79.9. The molecule has 0 unspecified atom stereocenters. The van der Waals surface area contributed by atoms with Crippen LogP contribution in [0.4, 0.5) is 8.78 Å². The summed E-state index contributed by atoms with van der Waals surface area (Å²) in [5.74, 6) is -1.79. The predicted octanol–water partition coefficient (Wildman–Crippen LogP) is 4.28. The Labute approximate surface area is 120 Å². The monoisotopic (exact) mass is 333 g/mol. The van der Waals surface area contributed by atoms with Gasteiger partial charge in [0.2, 0.25) is 0 Å². The first-order valence-electron chi connectivity index (χ1n) is 6.34. The molecule has 0 spiro atoms. The summed E-state index contributed by atoms with van der Waals surface area (Å²) >= 11 is 2.97. The average molecular weight is 334 g/mol. The van der Waals surface area contributed by atoms with Crippen molar-refractivity contribution in [3.05, 3.63) is 33.8 Å². The minimum Gasteiger partial charge on any atom is -0.352 e. The summed E-state index contributed by atoms with van der Waals surface area (Å²) < 4.78 is 27.3. The van der Waals surface area contributed by atoms with Gasteiger partial charge >= 0.3 is 0 Å². The SMILES string of the molecule is CC(C)CCCCNC(=O)c1c(F)cc(Br)cc1F. The van der Waals surface area contributed by atoms with Gasteiger partial charge in [-0.15, -0.1) is 0 Å². The molecule has 1 aromatic rings. The van der Waals surface area contributed by atoms with Crippen LogP contribution >= 0.6 is 15.9 Å². The van der Waals surface area contributed by atoms with E-state index in [4.69, 9.17) is 0 Å². The highest BCUT2D eigenvalue weighted by molar-refractivity contribution is 9.10. The quantitative estimate of drug-likeness (QED) is 0.773. The summed E-state index contributed by atoms with van der Waals surface area (Å²) in [7, 11) is 0. The highest BCUT2D eigenvalue weighted by Crippen LogP contribution is 2.19. The second-order valence-corrected chi connectivity index (χ2v) is 5.81.